The van der Waals surface area contributed by atoms with Crippen LogP contribution in [-0.2, 0) is 11.2 Å². The fourth-order valence-corrected chi connectivity index (χ4v) is 4.32. The molecule has 2 saturated heterocycles. The summed E-state index contributed by atoms with van der Waals surface area (Å²) in [5, 5.41) is 6.87. The van der Waals surface area contributed by atoms with Gasteiger partial charge in [-0.15, -0.1) is 24.0 Å². The van der Waals surface area contributed by atoms with Crippen molar-refractivity contribution in [1.82, 2.24) is 20.4 Å². The van der Waals surface area contributed by atoms with Gasteiger partial charge in [-0.05, 0) is 57.3 Å². The molecule has 6 nitrogen and oxygen atoms in total. The van der Waals surface area contributed by atoms with Crippen LogP contribution in [-0.4, -0.2) is 75.0 Å². The summed E-state index contributed by atoms with van der Waals surface area (Å²) in [7, 11) is 4.02. The van der Waals surface area contributed by atoms with Gasteiger partial charge < -0.3 is 20.4 Å². The minimum Gasteiger partial charge on any atom is -0.356 e. The molecule has 2 aliphatic rings. The zero-order valence-corrected chi connectivity index (χ0v) is 20.8. The van der Waals surface area contributed by atoms with Crippen LogP contribution >= 0.6 is 24.0 Å². The molecule has 2 fully saturated rings. The van der Waals surface area contributed by atoms with Crippen molar-refractivity contribution in [3.63, 3.8) is 0 Å². The average molecular weight is 527 g/mol. The smallest absolute Gasteiger partial charge is 0.223 e. The van der Waals surface area contributed by atoms with Gasteiger partial charge in [0.25, 0.3) is 0 Å². The van der Waals surface area contributed by atoms with Gasteiger partial charge in [0.05, 0.1) is 0 Å². The van der Waals surface area contributed by atoms with Gasteiger partial charge in [-0.25, -0.2) is 0 Å². The number of halogens is 1. The van der Waals surface area contributed by atoms with Crippen molar-refractivity contribution in [2.45, 2.75) is 32.1 Å². The Hall–Kier alpha value is -1.35. The molecule has 0 aliphatic carbocycles. The quantitative estimate of drug-likeness (QED) is 0.310. The van der Waals surface area contributed by atoms with Crippen LogP contribution in [0.1, 0.15) is 31.2 Å². The number of aliphatic imine (C=N–C) groups is 1. The highest BCUT2D eigenvalue weighted by Gasteiger charge is 2.29. The van der Waals surface area contributed by atoms with Crippen LogP contribution in [0.3, 0.4) is 0 Å². The van der Waals surface area contributed by atoms with Gasteiger partial charge in [-0.2, -0.15) is 0 Å². The van der Waals surface area contributed by atoms with Gasteiger partial charge in [0.2, 0.25) is 5.91 Å². The first kappa shape index (κ1) is 24.9. The number of rotatable bonds is 8. The first-order valence-electron chi connectivity index (χ1n) is 11.1. The highest BCUT2D eigenvalue weighted by molar-refractivity contribution is 14.0. The van der Waals surface area contributed by atoms with E-state index in [1.807, 2.05) is 18.0 Å². The molecule has 7 heteroatoms. The topological polar surface area (TPSA) is 60.0 Å². The Morgan fingerprint density at radius 3 is 2.57 bits per heavy atom. The SMILES string of the molecule is CN=C(NCCC1CCN(C)CC1)NCC1CC(=O)N(CCc2ccccc2)C1.I. The molecule has 1 atom stereocenters. The van der Waals surface area contributed by atoms with Crippen molar-refractivity contribution in [3.05, 3.63) is 35.9 Å². The lowest BCUT2D eigenvalue weighted by atomic mass is 9.94. The van der Waals surface area contributed by atoms with Crippen LogP contribution in [0, 0.1) is 11.8 Å². The molecular weight excluding hydrogens is 489 g/mol. The molecule has 3 rings (SSSR count). The van der Waals surface area contributed by atoms with Crippen molar-refractivity contribution >= 4 is 35.8 Å². The summed E-state index contributed by atoms with van der Waals surface area (Å²) in [6.07, 6.45) is 5.35. The second-order valence-corrected chi connectivity index (χ2v) is 8.56. The average Bonchev–Trinajstić information content (AvgIpc) is 3.10. The summed E-state index contributed by atoms with van der Waals surface area (Å²) in [6.45, 7) is 5.83. The third kappa shape index (κ3) is 8.06. The molecule has 30 heavy (non-hydrogen) atoms. The van der Waals surface area contributed by atoms with Crippen molar-refractivity contribution in [2.75, 3.05) is 53.4 Å². The van der Waals surface area contributed by atoms with Crippen molar-refractivity contribution < 1.29 is 4.79 Å². The molecule has 0 aromatic heterocycles. The number of piperidine rings is 1. The highest BCUT2D eigenvalue weighted by Crippen LogP contribution is 2.19. The van der Waals surface area contributed by atoms with Crippen molar-refractivity contribution in [2.24, 2.45) is 16.8 Å². The van der Waals surface area contributed by atoms with Gasteiger partial charge in [0.15, 0.2) is 5.96 Å². The number of hydrogen-bond donors (Lipinski definition) is 2. The van der Waals surface area contributed by atoms with Gasteiger partial charge in [0.1, 0.15) is 0 Å². The number of amides is 1. The van der Waals surface area contributed by atoms with E-state index in [4.69, 9.17) is 0 Å². The molecule has 0 radical (unpaired) electrons. The monoisotopic (exact) mass is 527 g/mol. The van der Waals surface area contributed by atoms with Crippen LogP contribution in [0.4, 0.5) is 0 Å². The zero-order valence-electron chi connectivity index (χ0n) is 18.5. The molecule has 2 N–H and O–H groups in total. The number of hydrogen-bond acceptors (Lipinski definition) is 3. The maximum atomic E-state index is 12.3. The summed E-state index contributed by atoms with van der Waals surface area (Å²) in [5.41, 5.74) is 1.29. The van der Waals surface area contributed by atoms with Crippen LogP contribution in [0.5, 0.6) is 0 Å². The zero-order chi connectivity index (χ0) is 20.5. The number of carbonyl (C=O) groups is 1. The van der Waals surface area contributed by atoms with E-state index in [1.165, 1.54) is 37.9 Å². The van der Waals surface area contributed by atoms with E-state index in [2.05, 4.69) is 51.8 Å². The molecule has 1 amide bonds. The Labute approximate surface area is 198 Å². The minimum atomic E-state index is 0. The summed E-state index contributed by atoms with van der Waals surface area (Å²) in [6, 6.07) is 10.4. The maximum Gasteiger partial charge on any atom is 0.223 e. The maximum absolute atomic E-state index is 12.3. The summed E-state index contributed by atoms with van der Waals surface area (Å²) in [4.78, 5) is 21.1. The normalized spacial score (nSPS) is 20.9. The Morgan fingerprint density at radius 1 is 1.13 bits per heavy atom. The second kappa shape index (κ2) is 13.1. The molecule has 1 aromatic rings. The van der Waals surface area contributed by atoms with E-state index in [0.717, 1.165) is 44.5 Å². The van der Waals surface area contributed by atoms with E-state index in [-0.39, 0.29) is 29.9 Å². The minimum absolute atomic E-state index is 0. The highest BCUT2D eigenvalue weighted by atomic mass is 127. The predicted octanol–water partition coefficient (Wildman–Crippen LogP) is 2.59. The number of likely N-dealkylation sites (tertiary alicyclic amines) is 2. The summed E-state index contributed by atoms with van der Waals surface area (Å²) in [5.74, 6) is 2.30. The standard InChI is InChI=1S/C23H37N5O.HI/c1-24-23(25-12-8-20-9-13-27(2)14-10-20)26-17-21-16-22(29)28(18-21)15-11-19-6-4-3-5-7-19;/h3-7,20-21H,8-18H2,1-2H3,(H2,24,25,26);1H. The Bertz CT molecular complexity index is 661. The molecule has 1 aromatic carbocycles. The van der Waals surface area contributed by atoms with E-state index < -0.39 is 0 Å². The molecule has 0 spiro atoms. The van der Waals surface area contributed by atoms with E-state index >= 15 is 0 Å². The molecule has 1 unspecified atom stereocenters. The van der Waals surface area contributed by atoms with Gasteiger partial charge in [-0.1, -0.05) is 30.3 Å². The lowest BCUT2D eigenvalue weighted by Gasteiger charge is -2.29. The van der Waals surface area contributed by atoms with Crippen molar-refractivity contribution in [1.29, 1.82) is 0 Å². The Morgan fingerprint density at radius 2 is 1.87 bits per heavy atom. The molecule has 0 saturated carbocycles. The first-order chi connectivity index (χ1) is 14.1. The lowest BCUT2D eigenvalue weighted by Crippen LogP contribution is -2.41. The molecule has 2 heterocycles. The number of nitrogens with one attached hydrogen (secondary N) is 2. The van der Waals surface area contributed by atoms with Crippen LogP contribution < -0.4 is 10.6 Å². The Balaban J connectivity index is 0.00000320. The van der Waals surface area contributed by atoms with Crippen LogP contribution in [0.25, 0.3) is 0 Å². The van der Waals surface area contributed by atoms with E-state index in [9.17, 15) is 4.79 Å². The van der Waals surface area contributed by atoms with Crippen LogP contribution in [0.2, 0.25) is 0 Å². The molecule has 0 bridgehead atoms. The predicted molar refractivity (Wildman–Crippen MR) is 134 cm³/mol. The van der Waals surface area contributed by atoms with Gasteiger partial charge in [0, 0.05) is 45.6 Å². The summed E-state index contributed by atoms with van der Waals surface area (Å²) >= 11 is 0. The molecule has 168 valence electrons. The van der Waals surface area contributed by atoms with Crippen LogP contribution in [0.15, 0.2) is 35.3 Å². The van der Waals surface area contributed by atoms with Gasteiger partial charge >= 0.3 is 0 Å². The van der Waals surface area contributed by atoms with E-state index in [1.54, 1.807) is 0 Å². The third-order valence-corrected chi connectivity index (χ3v) is 6.27. The fourth-order valence-electron chi connectivity index (χ4n) is 4.32. The fraction of sp³-hybridized carbons (Fsp3) is 0.652. The van der Waals surface area contributed by atoms with Gasteiger partial charge in [-0.3, -0.25) is 9.79 Å². The Kier molecular flexibility index (Phi) is 10.9. The second-order valence-electron chi connectivity index (χ2n) is 8.56. The lowest BCUT2D eigenvalue weighted by molar-refractivity contribution is -0.127. The van der Waals surface area contributed by atoms with E-state index in [0.29, 0.717) is 12.3 Å². The molecule has 2 aliphatic heterocycles. The molecular formula is C23H38IN5O. The number of carbonyl (C=O) groups excluding carboxylic acids is 1. The number of nitrogens with zero attached hydrogens (tertiary/aromatic N) is 3. The van der Waals surface area contributed by atoms with Crippen molar-refractivity contribution in [3.8, 4) is 0 Å². The summed E-state index contributed by atoms with van der Waals surface area (Å²) < 4.78 is 0. The first-order valence-corrected chi connectivity index (χ1v) is 11.1. The third-order valence-electron chi connectivity index (χ3n) is 6.27. The number of guanidine groups is 1. The largest absolute Gasteiger partial charge is 0.356 e. The number of benzene rings is 1.